The fraction of sp³-hybridized carbons (Fsp3) is 0.533. The maximum Gasteiger partial charge on any atom is 0.0698 e. The van der Waals surface area contributed by atoms with Crippen molar-refractivity contribution in [2.45, 2.75) is 45.6 Å². The lowest BCUT2D eigenvalue weighted by atomic mass is 9.86. The van der Waals surface area contributed by atoms with Crippen molar-refractivity contribution >= 4 is 5.57 Å². The molecule has 1 aliphatic heterocycles. The normalized spacial score (nSPS) is 19.1. The Balaban J connectivity index is 2.63. The van der Waals surface area contributed by atoms with Crippen molar-refractivity contribution in [2.24, 2.45) is 10.7 Å². The Morgan fingerprint density at radius 2 is 2.00 bits per heavy atom. The molecule has 1 aromatic rings. The van der Waals surface area contributed by atoms with Gasteiger partial charge in [-0.25, -0.2) is 0 Å². The zero-order valence-electron chi connectivity index (χ0n) is 11.2. The molecule has 0 unspecified atom stereocenters. The first-order valence-corrected chi connectivity index (χ1v) is 6.35. The summed E-state index contributed by atoms with van der Waals surface area (Å²) in [4.78, 5) is 4.68. The quantitative estimate of drug-likeness (QED) is 0.821. The van der Waals surface area contributed by atoms with E-state index in [1.54, 1.807) is 0 Å². The van der Waals surface area contributed by atoms with Crippen LogP contribution in [0.2, 0.25) is 0 Å². The van der Waals surface area contributed by atoms with Crippen molar-refractivity contribution in [3.05, 3.63) is 34.3 Å². The zero-order chi connectivity index (χ0) is 12.6. The zero-order valence-corrected chi connectivity index (χ0v) is 11.2. The van der Waals surface area contributed by atoms with Crippen molar-refractivity contribution in [1.29, 1.82) is 0 Å². The van der Waals surface area contributed by atoms with E-state index in [0.29, 0.717) is 12.6 Å². The van der Waals surface area contributed by atoms with E-state index < -0.39 is 0 Å². The molecular formula is C15H22N2. The van der Waals surface area contributed by atoms with Crippen LogP contribution in [0.25, 0.3) is 5.57 Å². The van der Waals surface area contributed by atoms with E-state index in [1.165, 1.54) is 16.4 Å². The monoisotopic (exact) mass is 230 g/mol. The molecule has 0 bridgehead atoms. The lowest BCUT2D eigenvalue weighted by Gasteiger charge is -2.18. The molecule has 2 heteroatoms. The van der Waals surface area contributed by atoms with Gasteiger partial charge in [0.05, 0.1) is 11.4 Å². The number of rotatable bonds is 2. The average molecular weight is 230 g/mol. The number of hydrogen-bond donors (Lipinski definition) is 1. The van der Waals surface area contributed by atoms with Gasteiger partial charge in [-0.2, -0.15) is 0 Å². The molecule has 2 N–H and O–H groups in total. The van der Waals surface area contributed by atoms with Crippen LogP contribution in [-0.2, 0) is 5.41 Å². The highest BCUT2D eigenvalue weighted by molar-refractivity contribution is 5.53. The van der Waals surface area contributed by atoms with Crippen LogP contribution in [-0.4, -0.2) is 12.6 Å². The molecular weight excluding hydrogens is 208 g/mol. The van der Waals surface area contributed by atoms with Crippen LogP contribution in [0.3, 0.4) is 0 Å². The Morgan fingerprint density at radius 3 is 2.59 bits per heavy atom. The topological polar surface area (TPSA) is 38.4 Å². The third-order valence-electron chi connectivity index (χ3n) is 3.46. The Hall–Kier alpha value is -1.15. The van der Waals surface area contributed by atoms with E-state index in [1.807, 2.05) is 0 Å². The molecule has 0 saturated heterocycles. The van der Waals surface area contributed by atoms with Crippen LogP contribution >= 0.6 is 0 Å². The van der Waals surface area contributed by atoms with Crippen molar-refractivity contribution in [1.82, 2.24) is 0 Å². The largest absolute Gasteiger partial charge is 0.330 e. The van der Waals surface area contributed by atoms with Crippen LogP contribution in [0.15, 0.2) is 23.2 Å². The smallest absolute Gasteiger partial charge is 0.0698 e. The molecule has 17 heavy (non-hydrogen) atoms. The fourth-order valence-electron chi connectivity index (χ4n) is 2.38. The average Bonchev–Trinajstić information content (AvgIpc) is 2.54. The minimum atomic E-state index is 0.189. The van der Waals surface area contributed by atoms with Crippen LogP contribution in [0, 0.1) is 0 Å². The predicted molar refractivity (Wildman–Crippen MR) is 72.5 cm³/mol. The standard InChI is InChI=1S/C15H22N2/c1-10-12(7-8-16)13-9-11(15(2,3)4)5-6-14(13)17-10/h5-6,9-10H,7-8,16H2,1-4H3/t10-/m1/s1. The molecule has 2 rings (SSSR count). The van der Waals surface area contributed by atoms with Crippen LogP contribution < -0.4 is 16.3 Å². The van der Waals surface area contributed by atoms with Gasteiger partial charge in [-0.05, 0) is 48.6 Å². The predicted octanol–water partition coefficient (Wildman–Crippen LogP) is 1.51. The van der Waals surface area contributed by atoms with E-state index in [-0.39, 0.29) is 5.41 Å². The number of hydrogen-bond acceptors (Lipinski definition) is 2. The summed E-state index contributed by atoms with van der Waals surface area (Å²) in [5, 5.41) is 2.45. The fourth-order valence-corrected chi connectivity index (χ4v) is 2.38. The molecule has 0 spiro atoms. The Labute approximate surface area is 103 Å². The van der Waals surface area contributed by atoms with Gasteiger partial charge in [0, 0.05) is 5.22 Å². The first-order chi connectivity index (χ1) is 7.93. The molecule has 0 aliphatic carbocycles. The second-order valence-corrected chi connectivity index (χ2v) is 5.85. The van der Waals surface area contributed by atoms with E-state index in [0.717, 1.165) is 11.8 Å². The molecule has 1 atom stereocenters. The van der Waals surface area contributed by atoms with Gasteiger partial charge in [0.1, 0.15) is 0 Å². The van der Waals surface area contributed by atoms with Gasteiger partial charge in [0.2, 0.25) is 0 Å². The van der Waals surface area contributed by atoms with E-state index in [2.05, 4.69) is 50.9 Å². The minimum absolute atomic E-state index is 0.189. The SMILES string of the molecule is C[C@H]1N=c2ccc(C(C)(C)C)cc2=C1CCN. The summed E-state index contributed by atoms with van der Waals surface area (Å²) < 4.78 is 0. The summed E-state index contributed by atoms with van der Waals surface area (Å²) in [6.07, 6.45) is 0.950. The number of nitrogens with zero attached hydrogens (tertiary/aromatic N) is 1. The third-order valence-corrected chi connectivity index (χ3v) is 3.46. The van der Waals surface area contributed by atoms with Gasteiger partial charge in [-0.15, -0.1) is 0 Å². The molecule has 0 aromatic heterocycles. The van der Waals surface area contributed by atoms with E-state index in [4.69, 9.17) is 5.73 Å². The first kappa shape index (κ1) is 12.3. The number of nitrogens with two attached hydrogens (primary N) is 1. The van der Waals surface area contributed by atoms with Gasteiger partial charge in [0.15, 0.2) is 0 Å². The van der Waals surface area contributed by atoms with Crippen LogP contribution in [0.5, 0.6) is 0 Å². The van der Waals surface area contributed by atoms with Crippen molar-refractivity contribution in [3.8, 4) is 0 Å². The molecule has 1 aliphatic rings. The molecule has 92 valence electrons. The summed E-state index contributed by atoms with van der Waals surface area (Å²) in [5.74, 6) is 0. The van der Waals surface area contributed by atoms with E-state index in [9.17, 15) is 0 Å². The summed E-state index contributed by atoms with van der Waals surface area (Å²) in [7, 11) is 0. The molecule has 0 amide bonds. The van der Waals surface area contributed by atoms with Crippen molar-refractivity contribution in [3.63, 3.8) is 0 Å². The van der Waals surface area contributed by atoms with Gasteiger partial charge in [-0.1, -0.05) is 26.8 Å². The summed E-state index contributed by atoms with van der Waals surface area (Å²) in [6, 6.07) is 6.94. The molecule has 0 radical (unpaired) electrons. The highest BCUT2D eigenvalue weighted by Gasteiger charge is 2.18. The summed E-state index contributed by atoms with van der Waals surface area (Å²) >= 11 is 0. The maximum absolute atomic E-state index is 5.69. The minimum Gasteiger partial charge on any atom is -0.330 e. The summed E-state index contributed by atoms with van der Waals surface area (Å²) in [5.41, 5.74) is 8.65. The lowest BCUT2D eigenvalue weighted by Crippen LogP contribution is -2.27. The van der Waals surface area contributed by atoms with Gasteiger partial charge in [0.25, 0.3) is 0 Å². The molecule has 1 heterocycles. The van der Waals surface area contributed by atoms with Crippen molar-refractivity contribution in [2.75, 3.05) is 6.54 Å². The number of benzene rings is 1. The Bertz CT molecular complexity index is 535. The second kappa shape index (κ2) is 4.26. The Morgan fingerprint density at radius 1 is 1.29 bits per heavy atom. The van der Waals surface area contributed by atoms with Gasteiger partial charge < -0.3 is 5.73 Å². The van der Waals surface area contributed by atoms with Gasteiger partial charge in [-0.3, -0.25) is 4.99 Å². The highest BCUT2D eigenvalue weighted by atomic mass is 14.8. The highest BCUT2D eigenvalue weighted by Crippen LogP contribution is 2.21. The third kappa shape index (κ3) is 2.27. The molecule has 0 saturated carbocycles. The van der Waals surface area contributed by atoms with E-state index >= 15 is 0 Å². The van der Waals surface area contributed by atoms with Crippen LogP contribution in [0.1, 0.15) is 39.7 Å². The second-order valence-electron chi connectivity index (χ2n) is 5.85. The first-order valence-electron chi connectivity index (χ1n) is 6.35. The molecule has 0 fully saturated rings. The Kier molecular flexibility index (Phi) is 3.09. The maximum atomic E-state index is 5.69. The van der Waals surface area contributed by atoms with Gasteiger partial charge >= 0.3 is 0 Å². The van der Waals surface area contributed by atoms with Crippen LogP contribution in [0.4, 0.5) is 0 Å². The summed E-state index contributed by atoms with van der Waals surface area (Å²) in [6.45, 7) is 9.59. The number of fused-ring (bicyclic) bond motifs is 1. The molecule has 2 nitrogen and oxygen atoms in total. The molecule has 1 aromatic carbocycles. The van der Waals surface area contributed by atoms with Crippen molar-refractivity contribution < 1.29 is 0 Å². The lowest BCUT2D eigenvalue weighted by molar-refractivity contribution is 0.589.